The van der Waals surface area contributed by atoms with E-state index in [1.54, 1.807) is 67.5 Å². The van der Waals surface area contributed by atoms with Crippen LogP contribution in [-0.4, -0.2) is 56.9 Å². The number of morpholine rings is 1. The summed E-state index contributed by atoms with van der Waals surface area (Å²) < 4.78 is 16.0. The van der Waals surface area contributed by atoms with Gasteiger partial charge in [-0.15, -0.1) is 0 Å². The van der Waals surface area contributed by atoms with E-state index in [9.17, 15) is 9.59 Å². The molecule has 0 spiro atoms. The highest BCUT2D eigenvalue weighted by molar-refractivity contribution is 6.04. The first-order chi connectivity index (χ1) is 16.5. The summed E-state index contributed by atoms with van der Waals surface area (Å²) in [6.45, 7) is 3.65. The molecule has 9 nitrogen and oxygen atoms in total. The lowest BCUT2D eigenvalue weighted by atomic mass is 9.93. The van der Waals surface area contributed by atoms with E-state index in [1.165, 1.54) is 4.90 Å². The third-order valence-electron chi connectivity index (χ3n) is 5.86. The minimum atomic E-state index is -0.637. The second-order valence-corrected chi connectivity index (χ2v) is 7.84. The fourth-order valence-corrected chi connectivity index (χ4v) is 4.12. The molecule has 0 radical (unpaired) electrons. The normalized spacial score (nSPS) is 18.3. The Hall–Kier alpha value is -4.03. The summed E-state index contributed by atoms with van der Waals surface area (Å²) in [6.07, 6.45) is 0. The third kappa shape index (κ3) is 4.67. The Morgan fingerprint density at radius 2 is 1.76 bits per heavy atom. The fourth-order valence-electron chi connectivity index (χ4n) is 4.12. The van der Waals surface area contributed by atoms with Crippen LogP contribution < -0.4 is 19.7 Å². The number of carbonyl (C=O) groups is 2. The van der Waals surface area contributed by atoms with Crippen LogP contribution in [0.15, 0.2) is 59.8 Å². The molecule has 34 heavy (non-hydrogen) atoms. The Balaban J connectivity index is 1.74. The second kappa shape index (κ2) is 10.3. The molecule has 2 aliphatic rings. The van der Waals surface area contributed by atoms with E-state index in [1.807, 2.05) is 6.07 Å². The number of benzene rings is 2. The molecule has 0 saturated carbocycles. The van der Waals surface area contributed by atoms with Crippen molar-refractivity contribution in [3.63, 3.8) is 0 Å². The van der Waals surface area contributed by atoms with Crippen molar-refractivity contribution in [1.29, 1.82) is 5.26 Å². The molecule has 2 aromatic rings. The molecule has 0 aromatic heterocycles. The van der Waals surface area contributed by atoms with E-state index >= 15 is 0 Å². The predicted molar refractivity (Wildman–Crippen MR) is 124 cm³/mol. The van der Waals surface area contributed by atoms with Crippen molar-refractivity contribution in [2.24, 2.45) is 0 Å². The third-order valence-corrected chi connectivity index (χ3v) is 5.86. The molecule has 1 saturated heterocycles. The minimum absolute atomic E-state index is 0.0594. The van der Waals surface area contributed by atoms with Crippen molar-refractivity contribution < 1.29 is 23.8 Å². The monoisotopic (exact) mass is 462 g/mol. The van der Waals surface area contributed by atoms with E-state index in [2.05, 4.69) is 5.32 Å². The highest BCUT2D eigenvalue weighted by Crippen LogP contribution is 2.35. The Labute approximate surface area is 198 Å². The molecule has 0 aliphatic carbocycles. The molecule has 2 heterocycles. The van der Waals surface area contributed by atoms with Crippen LogP contribution in [0.3, 0.4) is 0 Å². The van der Waals surface area contributed by atoms with E-state index < -0.39 is 6.04 Å². The van der Waals surface area contributed by atoms with Crippen molar-refractivity contribution in [2.75, 3.05) is 44.9 Å². The van der Waals surface area contributed by atoms with Crippen LogP contribution in [0.25, 0.3) is 0 Å². The maximum absolute atomic E-state index is 13.7. The van der Waals surface area contributed by atoms with Crippen LogP contribution in [0.1, 0.15) is 18.5 Å². The van der Waals surface area contributed by atoms with E-state index in [-0.39, 0.29) is 18.5 Å². The maximum Gasteiger partial charge on any atom is 0.326 e. The van der Waals surface area contributed by atoms with Gasteiger partial charge in [-0.25, -0.2) is 4.79 Å². The van der Waals surface area contributed by atoms with Gasteiger partial charge in [-0.3, -0.25) is 9.69 Å². The Morgan fingerprint density at radius 3 is 2.38 bits per heavy atom. The van der Waals surface area contributed by atoms with Gasteiger partial charge in [0.15, 0.2) is 6.61 Å². The largest absolute Gasteiger partial charge is 0.497 e. The van der Waals surface area contributed by atoms with Crippen LogP contribution in [0.5, 0.6) is 11.5 Å². The first-order valence-corrected chi connectivity index (χ1v) is 11.0. The average Bonchev–Trinajstić information content (AvgIpc) is 2.88. The number of hydrogen-bond acceptors (Lipinski definition) is 6. The molecule has 1 atom stereocenters. The number of nitrogens with one attached hydrogen (secondary N) is 1. The van der Waals surface area contributed by atoms with Crippen LogP contribution in [-0.2, 0) is 9.53 Å². The molecule has 4 rings (SSSR count). The quantitative estimate of drug-likeness (QED) is 0.708. The van der Waals surface area contributed by atoms with Crippen LogP contribution in [0.4, 0.5) is 10.5 Å². The number of nitrogens with zero attached hydrogens (tertiary/aromatic N) is 3. The molecule has 3 amide bonds. The molecule has 1 unspecified atom stereocenters. The average molecular weight is 463 g/mol. The van der Waals surface area contributed by atoms with Gasteiger partial charge in [0, 0.05) is 18.8 Å². The van der Waals surface area contributed by atoms with Crippen molar-refractivity contribution in [1.82, 2.24) is 10.2 Å². The standard InChI is InChI=1S/C25H26N4O5/c1-17-22(24(30)28-12-15-33-16-13-28)23(18-3-7-21(8-4-18)34-14-11-26)27-25(31)29(17)19-5-9-20(32-2)10-6-19/h3-10,23H,12-16H2,1-2H3,(H,27,31). The number of nitriles is 1. The van der Waals surface area contributed by atoms with Gasteiger partial charge in [-0.1, -0.05) is 12.1 Å². The van der Waals surface area contributed by atoms with Gasteiger partial charge >= 0.3 is 6.03 Å². The molecule has 176 valence electrons. The molecule has 2 aliphatic heterocycles. The van der Waals surface area contributed by atoms with Crippen LogP contribution in [0.2, 0.25) is 0 Å². The smallest absolute Gasteiger partial charge is 0.326 e. The lowest BCUT2D eigenvalue weighted by Gasteiger charge is -2.38. The number of methoxy groups -OCH3 is 1. The Morgan fingerprint density at radius 1 is 1.12 bits per heavy atom. The van der Waals surface area contributed by atoms with E-state index in [0.29, 0.717) is 54.8 Å². The van der Waals surface area contributed by atoms with E-state index in [4.69, 9.17) is 19.5 Å². The summed E-state index contributed by atoms with van der Waals surface area (Å²) in [6, 6.07) is 15.1. The zero-order chi connectivity index (χ0) is 24.1. The van der Waals surface area contributed by atoms with Gasteiger partial charge in [0.1, 0.15) is 17.6 Å². The Kier molecular flexibility index (Phi) is 6.99. The fraction of sp³-hybridized carbons (Fsp3) is 0.320. The van der Waals surface area contributed by atoms with Gasteiger partial charge in [0.25, 0.3) is 5.91 Å². The van der Waals surface area contributed by atoms with Crippen molar-refractivity contribution in [3.8, 4) is 17.6 Å². The summed E-state index contributed by atoms with van der Waals surface area (Å²) in [4.78, 5) is 30.2. The van der Waals surface area contributed by atoms with Gasteiger partial charge in [-0.2, -0.15) is 5.26 Å². The number of anilines is 1. The number of amides is 3. The first-order valence-electron chi connectivity index (χ1n) is 11.0. The molecule has 0 bridgehead atoms. The van der Waals surface area contributed by atoms with Gasteiger partial charge < -0.3 is 24.4 Å². The van der Waals surface area contributed by atoms with Crippen molar-refractivity contribution >= 4 is 17.6 Å². The molecule has 1 fully saturated rings. The highest BCUT2D eigenvalue weighted by atomic mass is 16.5. The lowest BCUT2D eigenvalue weighted by Crippen LogP contribution is -2.51. The van der Waals surface area contributed by atoms with Crippen LogP contribution >= 0.6 is 0 Å². The second-order valence-electron chi connectivity index (χ2n) is 7.84. The van der Waals surface area contributed by atoms with Gasteiger partial charge in [0.05, 0.1) is 37.6 Å². The van der Waals surface area contributed by atoms with Crippen molar-refractivity contribution in [3.05, 3.63) is 65.4 Å². The van der Waals surface area contributed by atoms with Gasteiger partial charge in [-0.05, 0) is 48.9 Å². The zero-order valence-corrected chi connectivity index (χ0v) is 19.1. The SMILES string of the molecule is COc1ccc(N2C(=O)NC(c3ccc(OCC#N)cc3)C(C(=O)N3CCOCC3)=C2C)cc1. The highest BCUT2D eigenvalue weighted by Gasteiger charge is 2.38. The number of urea groups is 1. The molecule has 9 heteroatoms. The molecular weight excluding hydrogens is 436 g/mol. The molecule has 1 N–H and O–H groups in total. The summed E-state index contributed by atoms with van der Waals surface area (Å²) in [5.41, 5.74) is 2.41. The molecule has 2 aromatic carbocycles. The topological polar surface area (TPSA) is 104 Å². The number of hydrogen-bond donors (Lipinski definition) is 1. The minimum Gasteiger partial charge on any atom is -0.497 e. The maximum atomic E-state index is 13.7. The number of ether oxygens (including phenoxy) is 3. The lowest BCUT2D eigenvalue weighted by molar-refractivity contribution is -0.131. The van der Waals surface area contributed by atoms with E-state index in [0.717, 1.165) is 5.56 Å². The Bertz CT molecular complexity index is 1120. The number of rotatable bonds is 6. The predicted octanol–water partition coefficient (Wildman–Crippen LogP) is 3.00. The molecular formula is C25H26N4O5. The van der Waals surface area contributed by atoms with Crippen molar-refractivity contribution in [2.45, 2.75) is 13.0 Å². The number of carbonyl (C=O) groups excluding carboxylic acids is 2. The zero-order valence-electron chi connectivity index (χ0n) is 19.1. The summed E-state index contributed by atoms with van der Waals surface area (Å²) in [7, 11) is 1.58. The first kappa shape index (κ1) is 23.1. The summed E-state index contributed by atoms with van der Waals surface area (Å²) in [5, 5.41) is 11.7. The van der Waals surface area contributed by atoms with Crippen LogP contribution in [0, 0.1) is 11.3 Å². The number of allylic oxidation sites excluding steroid dienone is 1. The summed E-state index contributed by atoms with van der Waals surface area (Å²) in [5.74, 6) is 1.06. The summed E-state index contributed by atoms with van der Waals surface area (Å²) >= 11 is 0. The van der Waals surface area contributed by atoms with Gasteiger partial charge in [0.2, 0.25) is 0 Å².